The predicted octanol–water partition coefficient (Wildman–Crippen LogP) is 2.75. The summed E-state index contributed by atoms with van der Waals surface area (Å²) in [5.74, 6) is 0.207. The molecule has 1 fully saturated rings. The Hall–Kier alpha value is -2.56. The minimum Gasteiger partial charge on any atom is -0.507 e. The van der Waals surface area contributed by atoms with Crippen molar-refractivity contribution < 1.29 is 9.90 Å². The Morgan fingerprint density at radius 1 is 1.22 bits per heavy atom. The number of H-pyrrole nitrogens is 1. The number of carbonyl (C=O) groups is 1. The Bertz CT molecular complexity index is 806. The first-order valence-corrected chi connectivity index (χ1v) is 7.88. The van der Waals surface area contributed by atoms with Crippen LogP contribution in [0.5, 0.6) is 5.75 Å². The van der Waals surface area contributed by atoms with Crippen molar-refractivity contribution in [3.8, 4) is 17.0 Å². The van der Waals surface area contributed by atoms with E-state index in [1.54, 1.807) is 11.8 Å². The molecule has 23 heavy (non-hydrogen) atoms. The fourth-order valence-corrected chi connectivity index (χ4v) is 3.05. The number of rotatable bonds is 3. The van der Waals surface area contributed by atoms with Crippen LogP contribution in [0.1, 0.15) is 30.9 Å². The first kappa shape index (κ1) is 15.3. The first-order chi connectivity index (χ1) is 11.0. The zero-order chi connectivity index (χ0) is 16.6. The van der Waals surface area contributed by atoms with Crippen molar-refractivity contribution in [2.24, 2.45) is 0 Å². The molecule has 5 heteroatoms. The van der Waals surface area contributed by atoms with Crippen molar-refractivity contribution in [2.75, 3.05) is 11.4 Å². The highest BCUT2D eigenvalue weighted by atomic mass is 16.3. The summed E-state index contributed by atoms with van der Waals surface area (Å²) in [6, 6.07) is 7.51. The lowest BCUT2D eigenvalue weighted by atomic mass is 10.0. The summed E-state index contributed by atoms with van der Waals surface area (Å²) >= 11 is 0. The molecule has 2 heterocycles. The number of aromatic hydroxyl groups is 1. The van der Waals surface area contributed by atoms with Crippen LogP contribution < -0.4 is 10.5 Å². The Labute approximate surface area is 134 Å². The highest BCUT2D eigenvalue weighted by Gasteiger charge is 2.22. The zero-order valence-corrected chi connectivity index (χ0v) is 13.3. The van der Waals surface area contributed by atoms with Crippen molar-refractivity contribution in [1.29, 1.82) is 0 Å². The molecule has 0 unspecified atom stereocenters. The van der Waals surface area contributed by atoms with Crippen molar-refractivity contribution in [3.05, 3.63) is 45.7 Å². The molecule has 1 aromatic heterocycles. The average Bonchev–Trinajstić information content (AvgIpc) is 2.98. The molecule has 0 bridgehead atoms. The van der Waals surface area contributed by atoms with Crippen LogP contribution in [0, 0.1) is 6.92 Å². The lowest BCUT2D eigenvalue weighted by Crippen LogP contribution is -2.23. The minimum atomic E-state index is -0.284. The molecule has 1 aromatic carbocycles. The van der Waals surface area contributed by atoms with Crippen LogP contribution in [0.15, 0.2) is 29.1 Å². The SMILES string of the molecule is CCc1c(-c2ccc(N3CCCC3=O)cc2)[nH]c(=O)c(C)c1O. The van der Waals surface area contributed by atoms with E-state index in [1.807, 2.05) is 31.2 Å². The van der Waals surface area contributed by atoms with E-state index in [0.29, 0.717) is 24.1 Å². The van der Waals surface area contributed by atoms with Crippen LogP contribution in [0.25, 0.3) is 11.3 Å². The van der Waals surface area contributed by atoms with Crippen LogP contribution in [0.4, 0.5) is 5.69 Å². The normalized spacial score (nSPS) is 14.5. The average molecular weight is 312 g/mol. The van der Waals surface area contributed by atoms with Gasteiger partial charge in [-0.15, -0.1) is 0 Å². The molecular weight excluding hydrogens is 292 g/mol. The summed E-state index contributed by atoms with van der Waals surface area (Å²) in [6.45, 7) is 4.30. The Balaban J connectivity index is 2.03. The van der Waals surface area contributed by atoms with Crippen LogP contribution in [0.3, 0.4) is 0 Å². The van der Waals surface area contributed by atoms with Crippen molar-refractivity contribution in [3.63, 3.8) is 0 Å². The molecule has 120 valence electrons. The molecule has 1 amide bonds. The third-order valence-corrected chi connectivity index (χ3v) is 4.42. The molecule has 0 spiro atoms. The number of nitrogens with one attached hydrogen (secondary N) is 1. The predicted molar refractivity (Wildman–Crippen MR) is 89.9 cm³/mol. The van der Waals surface area contributed by atoms with Gasteiger partial charge in [0.2, 0.25) is 5.91 Å². The molecule has 0 saturated carbocycles. The number of carbonyl (C=O) groups excluding carboxylic acids is 1. The van der Waals surface area contributed by atoms with Crippen LogP contribution in [0.2, 0.25) is 0 Å². The lowest BCUT2D eigenvalue weighted by molar-refractivity contribution is -0.117. The van der Waals surface area contributed by atoms with Crippen LogP contribution in [-0.4, -0.2) is 22.5 Å². The van der Waals surface area contributed by atoms with Gasteiger partial charge in [0, 0.05) is 24.2 Å². The molecule has 2 N–H and O–H groups in total. The summed E-state index contributed by atoms with van der Waals surface area (Å²) in [5, 5.41) is 10.2. The highest BCUT2D eigenvalue weighted by molar-refractivity contribution is 5.95. The van der Waals surface area contributed by atoms with Gasteiger partial charge in [-0.3, -0.25) is 9.59 Å². The summed E-state index contributed by atoms with van der Waals surface area (Å²) in [7, 11) is 0. The summed E-state index contributed by atoms with van der Waals surface area (Å²) < 4.78 is 0. The molecular formula is C18H20N2O3. The van der Waals surface area contributed by atoms with E-state index in [9.17, 15) is 14.7 Å². The first-order valence-electron chi connectivity index (χ1n) is 7.88. The summed E-state index contributed by atoms with van der Waals surface area (Å²) in [6.07, 6.45) is 2.10. The Morgan fingerprint density at radius 3 is 2.48 bits per heavy atom. The zero-order valence-electron chi connectivity index (χ0n) is 13.3. The number of aromatic amines is 1. The van der Waals surface area contributed by atoms with Gasteiger partial charge in [0.1, 0.15) is 5.75 Å². The fraction of sp³-hybridized carbons (Fsp3) is 0.333. The maximum atomic E-state index is 12.0. The molecule has 0 aliphatic carbocycles. The van der Waals surface area contributed by atoms with E-state index in [4.69, 9.17) is 0 Å². The Morgan fingerprint density at radius 2 is 1.91 bits per heavy atom. The van der Waals surface area contributed by atoms with E-state index >= 15 is 0 Å². The van der Waals surface area contributed by atoms with E-state index in [1.165, 1.54) is 0 Å². The van der Waals surface area contributed by atoms with Gasteiger partial charge in [0.05, 0.1) is 11.3 Å². The van der Waals surface area contributed by atoms with Crippen molar-refractivity contribution in [1.82, 2.24) is 4.98 Å². The maximum absolute atomic E-state index is 12.0. The summed E-state index contributed by atoms with van der Waals surface area (Å²) in [5.41, 5.74) is 3.11. The van der Waals surface area contributed by atoms with Gasteiger partial charge in [-0.05, 0) is 37.5 Å². The van der Waals surface area contributed by atoms with E-state index in [2.05, 4.69) is 4.98 Å². The maximum Gasteiger partial charge on any atom is 0.255 e. The van der Waals surface area contributed by atoms with Gasteiger partial charge in [-0.1, -0.05) is 19.1 Å². The molecule has 3 rings (SSSR count). The Kier molecular flexibility index (Phi) is 3.94. The van der Waals surface area contributed by atoms with Gasteiger partial charge < -0.3 is 15.0 Å². The second-order valence-corrected chi connectivity index (χ2v) is 5.83. The molecule has 5 nitrogen and oxygen atoms in total. The number of hydrogen-bond acceptors (Lipinski definition) is 3. The topological polar surface area (TPSA) is 73.4 Å². The number of pyridine rings is 1. The van der Waals surface area contributed by atoms with E-state index in [0.717, 1.165) is 29.8 Å². The molecule has 1 aliphatic heterocycles. The molecule has 0 atom stereocenters. The number of aromatic nitrogens is 1. The number of benzene rings is 1. The number of hydrogen-bond donors (Lipinski definition) is 2. The van der Waals surface area contributed by atoms with Gasteiger partial charge in [-0.2, -0.15) is 0 Å². The van der Waals surface area contributed by atoms with Crippen molar-refractivity contribution in [2.45, 2.75) is 33.1 Å². The second kappa shape index (κ2) is 5.91. The molecule has 2 aromatic rings. The highest BCUT2D eigenvalue weighted by Crippen LogP contribution is 2.31. The minimum absolute atomic E-state index is 0.0602. The van der Waals surface area contributed by atoms with Crippen molar-refractivity contribution >= 4 is 11.6 Å². The summed E-state index contributed by atoms with van der Waals surface area (Å²) in [4.78, 5) is 28.4. The molecule has 1 aliphatic rings. The fourth-order valence-electron chi connectivity index (χ4n) is 3.05. The van der Waals surface area contributed by atoms with Gasteiger partial charge in [-0.25, -0.2) is 0 Å². The van der Waals surface area contributed by atoms with E-state index < -0.39 is 0 Å². The van der Waals surface area contributed by atoms with Crippen LogP contribution in [-0.2, 0) is 11.2 Å². The lowest BCUT2D eigenvalue weighted by Gasteiger charge is -2.17. The number of anilines is 1. The second-order valence-electron chi connectivity index (χ2n) is 5.83. The standard InChI is InChI=1S/C18H20N2O3/c1-3-14-16(19-18(23)11(2)17(14)22)12-6-8-13(9-7-12)20-10-4-5-15(20)21/h6-9H,3-5,10H2,1-2H3,(H2,19,22,23). The third-order valence-electron chi connectivity index (χ3n) is 4.42. The van der Waals surface area contributed by atoms with Gasteiger partial charge in [0.15, 0.2) is 0 Å². The largest absolute Gasteiger partial charge is 0.507 e. The third kappa shape index (κ3) is 2.63. The number of amides is 1. The smallest absolute Gasteiger partial charge is 0.255 e. The molecule has 1 saturated heterocycles. The monoisotopic (exact) mass is 312 g/mol. The van der Waals surface area contributed by atoms with Gasteiger partial charge >= 0.3 is 0 Å². The molecule has 0 radical (unpaired) electrons. The van der Waals surface area contributed by atoms with Crippen LogP contribution >= 0.6 is 0 Å². The van der Waals surface area contributed by atoms with Gasteiger partial charge in [0.25, 0.3) is 5.56 Å². The van der Waals surface area contributed by atoms with E-state index in [-0.39, 0.29) is 17.2 Å². The number of nitrogens with zero attached hydrogens (tertiary/aromatic N) is 1. The quantitative estimate of drug-likeness (QED) is 0.915.